The van der Waals surface area contributed by atoms with Gasteiger partial charge in [0.15, 0.2) is 0 Å². The molecular weight excluding hydrogens is 360 g/mol. The van der Waals surface area contributed by atoms with E-state index in [9.17, 15) is 24.3 Å². The molecule has 0 aliphatic heterocycles. The van der Waals surface area contributed by atoms with E-state index in [1.807, 2.05) is 6.92 Å². The van der Waals surface area contributed by atoms with E-state index >= 15 is 0 Å². The summed E-state index contributed by atoms with van der Waals surface area (Å²) in [6.45, 7) is 4.49. The first-order chi connectivity index (χ1) is 12.5. The van der Waals surface area contributed by atoms with Gasteiger partial charge in [0, 0.05) is 0 Å². The molecule has 3 atom stereocenters. The SMILES string of the molecule is CCC(C)(C)C(=O)OCC(O)COC(=O)C1CC(C(=O)O)CC(C(=O)O)C1. The van der Waals surface area contributed by atoms with Crippen molar-refractivity contribution in [1.82, 2.24) is 0 Å². The fraction of sp³-hybridized carbons (Fsp3) is 0.778. The minimum Gasteiger partial charge on any atom is -0.481 e. The summed E-state index contributed by atoms with van der Waals surface area (Å²) >= 11 is 0. The lowest BCUT2D eigenvalue weighted by Crippen LogP contribution is -2.37. The monoisotopic (exact) mass is 388 g/mol. The van der Waals surface area contributed by atoms with Crippen LogP contribution < -0.4 is 0 Å². The maximum atomic E-state index is 12.2. The molecule has 9 nitrogen and oxygen atoms in total. The van der Waals surface area contributed by atoms with Gasteiger partial charge in [-0.1, -0.05) is 6.92 Å². The molecule has 0 saturated heterocycles. The van der Waals surface area contributed by atoms with Crippen molar-refractivity contribution in [3.8, 4) is 0 Å². The van der Waals surface area contributed by atoms with Crippen molar-refractivity contribution in [1.29, 1.82) is 0 Å². The molecule has 1 saturated carbocycles. The lowest BCUT2D eigenvalue weighted by Gasteiger charge is -2.29. The number of aliphatic hydroxyl groups is 1. The van der Waals surface area contributed by atoms with Gasteiger partial charge in [-0.15, -0.1) is 0 Å². The van der Waals surface area contributed by atoms with Crippen molar-refractivity contribution in [2.45, 2.75) is 52.6 Å². The Bertz CT molecular complexity index is 547. The van der Waals surface area contributed by atoms with Crippen LogP contribution in [0.15, 0.2) is 0 Å². The molecule has 3 N–H and O–H groups in total. The van der Waals surface area contributed by atoms with Crippen molar-refractivity contribution < 1.29 is 44.0 Å². The minimum absolute atomic E-state index is 0.00623. The van der Waals surface area contributed by atoms with Gasteiger partial charge in [-0.05, 0) is 39.5 Å². The van der Waals surface area contributed by atoms with E-state index in [0.717, 1.165) is 0 Å². The summed E-state index contributed by atoms with van der Waals surface area (Å²) in [6, 6.07) is 0. The maximum Gasteiger partial charge on any atom is 0.311 e. The third kappa shape index (κ3) is 6.82. The van der Waals surface area contributed by atoms with Crippen molar-refractivity contribution >= 4 is 23.9 Å². The second-order valence-electron chi connectivity index (χ2n) is 7.59. The molecule has 1 aliphatic carbocycles. The molecule has 0 amide bonds. The Morgan fingerprint density at radius 3 is 1.81 bits per heavy atom. The van der Waals surface area contributed by atoms with Crippen LogP contribution >= 0.6 is 0 Å². The van der Waals surface area contributed by atoms with Crippen molar-refractivity contribution in [3.05, 3.63) is 0 Å². The number of carbonyl (C=O) groups is 4. The number of rotatable bonds is 9. The van der Waals surface area contributed by atoms with Gasteiger partial charge in [-0.3, -0.25) is 19.2 Å². The third-order valence-electron chi connectivity index (χ3n) is 5.00. The highest BCUT2D eigenvalue weighted by molar-refractivity contribution is 5.79. The number of aliphatic carboxylic acids is 2. The first kappa shape index (κ1) is 22.9. The number of carbonyl (C=O) groups excluding carboxylic acids is 2. The van der Waals surface area contributed by atoms with Crippen LogP contribution in [0.4, 0.5) is 0 Å². The number of ether oxygens (including phenoxy) is 2. The Morgan fingerprint density at radius 2 is 1.37 bits per heavy atom. The lowest BCUT2D eigenvalue weighted by atomic mass is 9.75. The van der Waals surface area contributed by atoms with Gasteiger partial charge in [0.25, 0.3) is 0 Å². The standard InChI is InChI=1S/C18H28O9/c1-4-18(2,3)17(25)27-9-13(19)8-26-16(24)12-6-10(14(20)21)5-11(7-12)15(22)23/h10-13,19H,4-9H2,1-3H3,(H,20,21)(H,22,23). The van der Waals surface area contributed by atoms with Crippen LogP contribution in [0.25, 0.3) is 0 Å². The van der Waals surface area contributed by atoms with E-state index in [1.165, 1.54) is 0 Å². The number of carboxylic acid groups (broad SMARTS) is 2. The summed E-state index contributed by atoms with van der Waals surface area (Å²) in [5, 5.41) is 28.1. The molecule has 0 heterocycles. The fourth-order valence-electron chi connectivity index (χ4n) is 2.77. The highest BCUT2D eigenvalue weighted by Gasteiger charge is 2.40. The van der Waals surface area contributed by atoms with Crippen LogP contribution in [0.1, 0.15) is 46.5 Å². The number of carboxylic acids is 2. The normalized spacial score (nSPS) is 23.9. The van der Waals surface area contributed by atoms with E-state index in [0.29, 0.717) is 6.42 Å². The van der Waals surface area contributed by atoms with Gasteiger partial charge < -0.3 is 24.8 Å². The van der Waals surface area contributed by atoms with Crippen molar-refractivity contribution in [2.75, 3.05) is 13.2 Å². The van der Waals surface area contributed by atoms with Crippen molar-refractivity contribution in [2.24, 2.45) is 23.2 Å². The zero-order valence-electron chi connectivity index (χ0n) is 15.8. The molecule has 3 unspecified atom stereocenters. The van der Waals surface area contributed by atoms with E-state index in [-0.39, 0.29) is 25.9 Å². The molecule has 154 valence electrons. The molecule has 27 heavy (non-hydrogen) atoms. The average molecular weight is 388 g/mol. The topological polar surface area (TPSA) is 147 Å². The van der Waals surface area contributed by atoms with Crippen molar-refractivity contribution in [3.63, 3.8) is 0 Å². The van der Waals surface area contributed by atoms with Gasteiger partial charge >= 0.3 is 23.9 Å². The molecule has 1 rings (SSSR count). The molecule has 0 radical (unpaired) electrons. The Morgan fingerprint density at radius 1 is 0.926 bits per heavy atom. The molecule has 1 fully saturated rings. The Kier molecular flexibility index (Phi) is 8.20. The first-order valence-corrected chi connectivity index (χ1v) is 8.95. The quantitative estimate of drug-likeness (QED) is 0.493. The second kappa shape index (κ2) is 9.68. The summed E-state index contributed by atoms with van der Waals surface area (Å²) in [6.07, 6.45) is -0.699. The van der Waals surface area contributed by atoms with E-state index in [4.69, 9.17) is 19.7 Å². The van der Waals surface area contributed by atoms with Gasteiger partial charge in [-0.2, -0.15) is 0 Å². The molecule has 1 aliphatic rings. The Hall–Kier alpha value is -2.16. The summed E-state index contributed by atoms with van der Waals surface area (Å²) in [5.74, 6) is -6.26. The maximum absolute atomic E-state index is 12.2. The second-order valence-corrected chi connectivity index (χ2v) is 7.59. The predicted octanol–water partition coefficient (Wildman–Crippen LogP) is 1.07. The zero-order valence-corrected chi connectivity index (χ0v) is 15.8. The fourth-order valence-corrected chi connectivity index (χ4v) is 2.77. The van der Waals surface area contributed by atoms with Gasteiger partial charge in [0.1, 0.15) is 19.3 Å². The van der Waals surface area contributed by atoms with Gasteiger partial charge in [0.05, 0.1) is 23.2 Å². The molecule has 0 aromatic carbocycles. The summed E-state index contributed by atoms with van der Waals surface area (Å²) in [7, 11) is 0. The number of hydrogen-bond acceptors (Lipinski definition) is 7. The van der Waals surface area contributed by atoms with Gasteiger partial charge in [0.2, 0.25) is 0 Å². The average Bonchev–Trinajstić information content (AvgIpc) is 2.63. The van der Waals surface area contributed by atoms with Crippen LogP contribution in [-0.4, -0.2) is 58.5 Å². The molecule has 9 heteroatoms. The highest BCUT2D eigenvalue weighted by Crippen LogP contribution is 2.34. The van der Waals surface area contributed by atoms with Gasteiger partial charge in [-0.25, -0.2) is 0 Å². The van der Waals surface area contributed by atoms with E-state index in [2.05, 4.69) is 0 Å². The number of esters is 2. The summed E-state index contributed by atoms with van der Waals surface area (Å²) in [5.41, 5.74) is -0.684. The molecule has 0 aromatic rings. The van der Waals surface area contributed by atoms with Crippen LogP contribution in [0.5, 0.6) is 0 Å². The molecular formula is C18H28O9. The minimum atomic E-state index is -1.22. The highest BCUT2D eigenvalue weighted by atomic mass is 16.6. The predicted molar refractivity (Wildman–Crippen MR) is 91.6 cm³/mol. The lowest BCUT2D eigenvalue weighted by molar-refractivity contribution is -0.162. The zero-order chi connectivity index (χ0) is 20.8. The third-order valence-corrected chi connectivity index (χ3v) is 5.00. The molecule has 0 spiro atoms. The van der Waals surface area contributed by atoms with Crippen LogP contribution in [0.2, 0.25) is 0 Å². The van der Waals surface area contributed by atoms with Crippen LogP contribution in [0, 0.1) is 23.2 Å². The Labute approximate surface area is 157 Å². The number of aliphatic hydroxyl groups excluding tert-OH is 1. The van der Waals surface area contributed by atoms with E-state index < -0.39 is 59.8 Å². The largest absolute Gasteiger partial charge is 0.481 e. The summed E-state index contributed by atoms with van der Waals surface area (Å²) < 4.78 is 9.98. The molecule has 0 aromatic heterocycles. The van der Waals surface area contributed by atoms with Crippen LogP contribution in [-0.2, 0) is 28.7 Å². The van der Waals surface area contributed by atoms with Crippen LogP contribution in [0.3, 0.4) is 0 Å². The summed E-state index contributed by atoms with van der Waals surface area (Å²) in [4.78, 5) is 46.3. The smallest absolute Gasteiger partial charge is 0.311 e. The van der Waals surface area contributed by atoms with E-state index in [1.54, 1.807) is 13.8 Å². The number of hydrogen-bond donors (Lipinski definition) is 3. The Balaban J connectivity index is 2.51. The first-order valence-electron chi connectivity index (χ1n) is 8.95. The molecule has 0 bridgehead atoms.